The van der Waals surface area contributed by atoms with E-state index in [2.05, 4.69) is 4.98 Å². The molecule has 3 rings (SSSR count). The first-order valence-electron chi connectivity index (χ1n) is 7.53. The number of para-hydroxylation sites is 2. The van der Waals surface area contributed by atoms with Gasteiger partial charge in [0.15, 0.2) is 23.7 Å². The van der Waals surface area contributed by atoms with E-state index in [1.54, 1.807) is 18.2 Å². The van der Waals surface area contributed by atoms with E-state index in [-0.39, 0.29) is 6.61 Å². The van der Waals surface area contributed by atoms with Crippen LogP contribution in [0.15, 0.2) is 46.9 Å². The zero-order valence-electron chi connectivity index (χ0n) is 13.4. The van der Waals surface area contributed by atoms with Crippen LogP contribution in [0.2, 0.25) is 0 Å². The van der Waals surface area contributed by atoms with Crippen LogP contribution in [0.3, 0.4) is 0 Å². The number of rotatable bonds is 6. The topological polar surface area (TPSA) is 70.8 Å². The Balaban J connectivity index is 1.70. The Bertz CT molecular complexity index is 822. The van der Waals surface area contributed by atoms with Gasteiger partial charge in [0.25, 0.3) is 0 Å². The van der Waals surface area contributed by atoms with Gasteiger partial charge in [0.2, 0.25) is 5.89 Å². The monoisotopic (exact) mass is 327 g/mol. The van der Waals surface area contributed by atoms with Crippen molar-refractivity contribution in [3.05, 3.63) is 53.9 Å². The summed E-state index contributed by atoms with van der Waals surface area (Å²) >= 11 is 0. The summed E-state index contributed by atoms with van der Waals surface area (Å²) in [7, 11) is 1.52. The molecule has 124 valence electrons. The van der Waals surface area contributed by atoms with Crippen LogP contribution in [0.4, 0.5) is 0 Å². The smallest absolute Gasteiger partial charge is 0.338 e. The van der Waals surface area contributed by atoms with Gasteiger partial charge >= 0.3 is 5.97 Å². The molecule has 0 saturated heterocycles. The molecule has 0 aliphatic carbocycles. The second kappa shape index (κ2) is 7.04. The number of carbonyl (C=O) groups excluding carboxylic acids is 1. The van der Waals surface area contributed by atoms with Crippen LogP contribution in [-0.2, 0) is 11.3 Å². The van der Waals surface area contributed by atoms with Crippen molar-refractivity contribution in [2.24, 2.45) is 0 Å². The van der Waals surface area contributed by atoms with Crippen molar-refractivity contribution < 1.29 is 23.4 Å². The van der Waals surface area contributed by atoms with Gasteiger partial charge in [-0.05, 0) is 37.3 Å². The van der Waals surface area contributed by atoms with Crippen molar-refractivity contribution in [3.8, 4) is 11.5 Å². The number of aromatic nitrogens is 1. The Morgan fingerprint density at radius 3 is 2.75 bits per heavy atom. The summed E-state index contributed by atoms with van der Waals surface area (Å²) in [6, 6.07) is 12.3. The van der Waals surface area contributed by atoms with Gasteiger partial charge in [-0.2, -0.15) is 0 Å². The molecule has 0 fully saturated rings. The van der Waals surface area contributed by atoms with Gasteiger partial charge < -0.3 is 18.6 Å². The molecule has 0 radical (unpaired) electrons. The van der Waals surface area contributed by atoms with Gasteiger partial charge in [-0.1, -0.05) is 12.1 Å². The number of esters is 1. The molecule has 0 N–H and O–H groups in total. The first kappa shape index (κ1) is 15.9. The summed E-state index contributed by atoms with van der Waals surface area (Å²) < 4.78 is 21.4. The van der Waals surface area contributed by atoms with Crippen LogP contribution < -0.4 is 9.47 Å². The van der Waals surface area contributed by atoms with Crippen LogP contribution in [0.5, 0.6) is 11.5 Å². The summed E-state index contributed by atoms with van der Waals surface area (Å²) in [6.07, 6.45) is 0. The SMILES string of the molecule is CCOc1ccc(C(=O)OCc2nc3ccccc3o2)cc1OC. The van der Waals surface area contributed by atoms with Crippen molar-refractivity contribution in [1.82, 2.24) is 4.98 Å². The summed E-state index contributed by atoms with van der Waals surface area (Å²) in [5, 5.41) is 0. The molecular weight excluding hydrogens is 310 g/mol. The normalized spacial score (nSPS) is 10.6. The van der Waals surface area contributed by atoms with Gasteiger partial charge in [-0.25, -0.2) is 9.78 Å². The Hall–Kier alpha value is -3.02. The average molecular weight is 327 g/mol. The Morgan fingerprint density at radius 2 is 2.00 bits per heavy atom. The molecule has 3 aromatic rings. The lowest BCUT2D eigenvalue weighted by molar-refractivity contribution is 0.0440. The van der Waals surface area contributed by atoms with E-state index in [1.165, 1.54) is 7.11 Å². The molecule has 6 nitrogen and oxygen atoms in total. The fourth-order valence-corrected chi connectivity index (χ4v) is 2.26. The predicted molar refractivity (Wildman–Crippen MR) is 87.3 cm³/mol. The maximum atomic E-state index is 12.2. The van der Waals surface area contributed by atoms with E-state index in [0.29, 0.717) is 35.1 Å². The molecule has 2 aromatic carbocycles. The summed E-state index contributed by atoms with van der Waals surface area (Å²) in [5.74, 6) is 0.921. The highest BCUT2D eigenvalue weighted by Crippen LogP contribution is 2.28. The molecule has 0 aliphatic heterocycles. The minimum atomic E-state index is -0.487. The third-order valence-electron chi connectivity index (χ3n) is 3.36. The number of nitrogens with zero attached hydrogens (tertiary/aromatic N) is 1. The number of methoxy groups -OCH3 is 1. The van der Waals surface area contributed by atoms with Crippen molar-refractivity contribution in [2.75, 3.05) is 13.7 Å². The number of oxazole rings is 1. The minimum absolute atomic E-state index is 0.0387. The largest absolute Gasteiger partial charge is 0.493 e. The molecular formula is C18H17NO5. The standard InChI is InChI=1S/C18H17NO5/c1-3-22-15-9-8-12(10-16(15)21-2)18(20)23-11-17-19-13-6-4-5-7-14(13)24-17/h4-10H,3,11H2,1-2H3. The first-order chi connectivity index (χ1) is 11.7. The van der Waals surface area contributed by atoms with Gasteiger partial charge in [-0.15, -0.1) is 0 Å². The second-order valence-electron chi connectivity index (χ2n) is 4.95. The third-order valence-corrected chi connectivity index (χ3v) is 3.36. The molecule has 24 heavy (non-hydrogen) atoms. The van der Waals surface area contributed by atoms with Crippen molar-refractivity contribution >= 4 is 17.1 Å². The van der Waals surface area contributed by atoms with Crippen LogP contribution in [0, 0.1) is 0 Å². The van der Waals surface area contributed by atoms with Crippen molar-refractivity contribution in [2.45, 2.75) is 13.5 Å². The van der Waals surface area contributed by atoms with E-state index < -0.39 is 5.97 Å². The number of hydrogen-bond donors (Lipinski definition) is 0. The van der Waals surface area contributed by atoms with E-state index in [0.717, 1.165) is 5.52 Å². The lowest BCUT2D eigenvalue weighted by Gasteiger charge is -2.10. The van der Waals surface area contributed by atoms with Gasteiger partial charge in [0, 0.05) is 0 Å². The molecule has 0 amide bonds. The Morgan fingerprint density at radius 1 is 1.17 bits per heavy atom. The quantitative estimate of drug-likeness (QED) is 0.644. The highest BCUT2D eigenvalue weighted by Gasteiger charge is 2.14. The van der Waals surface area contributed by atoms with Gasteiger partial charge in [0.1, 0.15) is 5.52 Å². The van der Waals surface area contributed by atoms with Crippen LogP contribution in [0.1, 0.15) is 23.2 Å². The number of hydrogen-bond acceptors (Lipinski definition) is 6. The Labute approximate surface area is 139 Å². The van der Waals surface area contributed by atoms with Crippen molar-refractivity contribution in [1.29, 1.82) is 0 Å². The Kier molecular flexibility index (Phi) is 4.65. The molecule has 0 bridgehead atoms. The average Bonchev–Trinajstić information content (AvgIpc) is 3.03. The zero-order valence-corrected chi connectivity index (χ0v) is 13.4. The summed E-state index contributed by atoms with van der Waals surface area (Å²) in [4.78, 5) is 16.4. The van der Waals surface area contributed by atoms with Crippen molar-refractivity contribution in [3.63, 3.8) is 0 Å². The molecule has 0 atom stereocenters. The van der Waals surface area contributed by atoms with E-state index in [1.807, 2.05) is 31.2 Å². The molecule has 0 unspecified atom stereocenters. The fraction of sp³-hybridized carbons (Fsp3) is 0.222. The van der Waals surface area contributed by atoms with Crippen LogP contribution in [0.25, 0.3) is 11.1 Å². The zero-order chi connectivity index (χ0) is 16.9. The van der Waals surface area contributed by atoms with Gasteiger partial charge in [0.05, 0.1) is 19.3 Å². The number of benzene rings is 2. The number of ether oxygens (including phenoxy) is 3. The molecule has 0 saturated carbocycles. The van der Waals surface area contributed by atoms with E-state index >= 15 is 0 Å². The minimum Gasteiger partial charge on any atom is -0.493 e. The number of carbonyl (C=O) groups is 1. The molecule has 1 aromatic heterocycles. The highest BCUT2D eigenvalue weighted by molar-refractivity contribution is 5.90. The summed E-state index contributed by atoms with van der Waals surface area (Å²) in [6.45, 7) is 2.35. The molecule has 0 aliphatic rings. The third kappa shape index (κ3) is 3.32. The second-order valence-corrected chi connectivity index (χ2v) is 4.95. The molecule has 0 spiro atoms. The maximum absolute atomic E-state index is 12.2. The summed E-state index contributed by atoms with van der Waals surface area (Å²) in [5.41, 5.74) is 1.75. The van der Waals surface area contributed by atoms with E-state index in [9.17, 15) is 4.79 Å². The lowest BCUT2D eigenvalue weighted by Crippen LogP contribution is -2.06. The molecule has 6 heteroatoms. The highest BCUT2D eigenvalue weighted by atomic mass is 16.5. The van der Waals surface area contributed by atoms with Crippen LogP contribution >= 0.6 is 0 Å². The first-order valence-corrected chi connectivity index (χ1v) is 7.53. The maximum Gasteiger partial charge on any atom is 0.338 e. The predicted octanol–water partition coefficient (Wildman–Crippen LogP) is 3.59. The number of fused-ring (bicyclic) bond motifs is 1. The van der Waals surface area contributed by atoms with Crippen LogP contribution in [-0.4, -0.2) is 24.7 Å². The van der Waals surface area contributed by atoms with Gasteiger partial charge in [-0.3, -0.25) is 0 Å². The lowest BCUT2D eigenvalue weighted by atomic mass is 10.2. The van der Waals surface area contributed by atoms with E-state index in [4.69, 9.17) is 18.6 Å². The molecule has 1 heterocycles. The fourth-order valence-electron chi connectivity index (χ4n) is 2.26.